The number of aromatic nitrogens is 1. The number of piperazine rings is 1. The third kappa shape index (κ3) is 4.26. The van der Waals surface area contributed by atoms with Crippen LogP contribution in [0.25, 0.3) is 0 Å². The van der Waals surface area contributed by atoms with Crippen LogP contribution in [0, 0.1) is 0 Å². The third-order valence-electron chi connectivity index (χ3n) is 5.03. The molecule has 0 amide bonds. The van der Waals surface area contributed by atoms with E-state index in [4.69, 9.17) is 9.47 Å². The summed E-state index contributed by atoms with van der Waals surface area (Å²) in [6, 6.07) is 20.3. The van der Waals surface area contributed by atoms with E-state index in [0.29, 0.717) is 0 Å². The highest BCUT2D eigenvalue weighted by Gasteiger charge is 2.20. The van der Waals surface area contributed by atoms with Crippen LogP contribution >= 0.6 is 0 Å². The minimum atomic E-state index is 0.760. The van der Waals surface area contributed by atoms with Crippen LogP contribution in [0.2, 0.25) is 0 Å². The molecule has 0 N–H and O–H groups in total. The van der Waals surface area contributed by atoms with Gasteiger partial charge >= 0.3 is 0 Å². The quantitative estimate of drug-likeness (QED) is 0.645. The Labute approximate surface area is 166 Å². The molecule has 1 fully saturated rings. The molecule has 0 radical (unpaired) electrons. The molecule has 0 bridgehead atoms. The lowest BCUT2D eigenvalue weighted by atomic mass is 10.1. The minimum Gasteiger partial charge on any atom is -0.495 e. The van der Waals surface area contributed by atoms with Crippen molar-refractivity contribution in [3.05, 3.63) is 78.6 Å². The summed E-state index contributed by atoms with van der Waals surface area (Å²) in [6.45, 7) is 4.83. The second-order valence-electron chi connectivity index (χ2n) is 6.83. The predicted octanol–water partition coefficient (Wildman–Crippen LogP) is 4.20. The summed E-state index contributed by atoms with van der Waals surface area (Å²) in [6.07, 6.45) is 3.49. The minimum absolute atomic E-state index is 0.760. The van der Waals surface area contributed by atoms with E-state index in [-0.39, 0.29) is 0 Å². The average Bonchev–Trinajstić information content (AvgIpc) is 2.76. The number of benzene rings is 2. The standard InChI is InChI=1S/C23H25N3O2/c1-27-23-11-5-3-9-21(23)26-15-13-25(14-16-26)18-19-7-2-4-10-22(19)28-20-8-6-12-24-17-20/h2-12,17H,13-16,18H2,1H3. The molecule has 2 aromatic carbocycles. The monoisotopic (exact) mass is 375 g/mol. The Morgan fingerprint density at radius 3 is 2.36 bits per heavy atom. The molecule has 0 unspecified atom stereocenters. The largest absolute Gasteiger partial charge is 0.495 e. The van der Waals surface area contributed by atoms with Crippen molar-refractivity contribution in [2.75, 3.05) is 38.2 Å². The van der Waals surface area contributed by atoms with Crippen molar-refractivity contribution in [2.45, 2.75) is 6.54 Å². The van der Waals surface area contributed by atoms with E-state index in [1.54, 1.807) is 19.5 Å². The number of methoxy groups -OCH3 is 1. The van der Waals surface area contributed by atoms with E-state index in [1.807, 2.05) is 36.4 Å². The van der Waals surface area contributed by atoms with Gasteiger partial charge in [-0.05, 0) is 30.3 Å². The summed E-state index contributed by atoms with van der Waals surface area (Å²) in [5.41, 5.74) is 2.36. The smallest absolute Gasteiger partial charge is 0.145 e. The Hall–Kier alpha value is -3.05. The van der Waals surface area contributed by atoms with Crippen LogP contribution in [0.4, 0.5) is 5.69 Å². The molecular formula is C23H25N3O2. The lowest BCUT2D eigenvalue weighted by Gasteiger charge is -2.36. The first-order valence-electron chi connectivity index (χ1n) is 9.59. The number of ether oxygens (including phenoxy) is 2. The van der Waals surface area contributed by atoms with Gasteiger partial charge in [-0.1, -0.05) is 30.3 Å². The van der Waals surface area contributed by atoms with Crippen LogP contribution in [0.5, 0.6) is 17.2 Å². The first-order valence-corrected chi connectivity index (χ1v) is 9.59. The Balaban J connectivity index is 1.40. The first-order chi connectivity index (χ1) is 13.8. The highest BCUT2D eigenvalue weighted by Crippen LogP contribution is 2.29. The van der Waals surface area contributed by atoms with Gasteiger partial charge in [0.15, 0.2) is 0 Å². The molecule has 0 saturated carbocycles. The molecule has 2 heterocycles. The first kappa shape index (κ1) is 18.3. The second kappa shape index (κ2) is 8.76. The molecule has 0 spiro atoms. The summed E-state index contributed by atoms with van der Waals surface area (Å²) < 4.78 is 11.6. The predicted molar refractivity (Wildman–Crippen MR) is 111 cm³/mol. The highest BCUT2D eigenvalue weighted by atomic mass is 16.5. The van der Waals surface area contributed by atoms with Crippen LogP contribution in [0.1, 0.15) is 5.56 Å². The molecule has 0 aliphatic carbocycles. The number of pyridine rings is 1. The van der Waals surface area contributed by atoms with Crippen molar-refractivity contribution in [2.24, 2.45) is 0 Å². The van der Waals surface area contributed by atoms with Crippen LogP contribution in [0.15, 0.2) is 73.1 Å². The van der Waals surface area contributed by atoms with Crippen molar-refractivity contribution in [1.29, 1.82) is 0 Å². The van der Waals surface area contributed by atoms with Gasteiger partial charge in [0.1, 0.15) is 17.2 Å². The summed E-state index contributed by atoms with van der Waals surface area (Å²) in [7, 11) is 1.73. The zero-order chi connectivity index (χ0) is 19.2. The molecule has 1 aliphatic heterocycles. The fraction of sp³-hybridized carbons (Fsp3) is 0.261. The van der Waals surface area contributed by atoms with Crippen molar-refractivity contribution in [3.63, 3.8) is 0 Å². The van der Waals surface area contributed by atoms with Crippen LogP contribution in [-0.4, -0.2) is 43.2 Å². The fourth-order valence-corrected chi connectivity index (χ4v) is 3.55. The molecule has 5 nitrogen and oxygen atoms in total. The zero-order valence-electron chi connectivity index (χ0n) is 16.1. The molecule has 0 atom stereocenters. The Bertz CT molecular complexity index is 893. The van der Waals surface area contributed by atoms with Gasteiger partial charge in [-0.3, -0.25) is 9.88 Å². The van der Waals surface area contributed by atoms with E-state index < -0.39 is 0 Å². The number of nitrogens with zero attached hydrogens (tertiary/aromatic N) is 3. The number of hydrogen-bond donors (Lipinski definition) is 0. The maximum Gasteiger partial charge on any atom is 0.145 e. The number of para-hydroxylation sites is 3. The molecule has 1 aromatic heterocycles. The molecule has 5 heteroatoms. The molecule has 28 heavy (non-hydrogen) atoms. The Kier molecular flexibility index (Phi) is 5.73. The van der Waals surface area contributed by atoms with Crippen LogP contribution in [0.3, 0.4) is 0 Å². The van der Waals surface area contributed by atoms with Gasteiger partial charge in [0.25, 0.3) is 0 Å². The highest BCUT2D eigenvalue weighted by molar-refractivity contribution is 5.58. The lowest BCUT2D eigenvalue weighted by molar-refractivity contribution is 0.246. The number of hydrogen-bond acceptors (Lipinski definition) is 5. The molecule has 3 aromatic rings. The van der Waals surface area contributed by atoms with Crippen LogP contribution in [-0.2, 0) is 6.54 Å². The van der Waals surface area contributed by atoms with Gasteiger partial charge in [-0.2, -0.15) is 0 Å². The summed E-state index contributed by atoms with van der Waals surface area (Å²) in [5.74, 6) is 2.59. The van der Waals surface area contributed by atoms with Gasteiger partial charge in [-0.15, -0.1) is 0 Å². The third-order valence-corrected chi connectivity index (χ3v) is 5.03. The van der Waals surface area contributed by atoms with Crippen molar-refractivity contribution < 1.29 is 9.47 Å². The second-order valence-corrected chi connectivity index (χ2v) is 6.83. The maximum absolute atomic E-state index is 6.06. The van der Waals surface area contributed by atoms with Crippen molar-refractivity contribution >= 4 is 5.69 Å². The maximum atomic E-state index is 6.06. The fourth-order valence-electron chi connectivity index (χ4n) is 3.55. The summed E-state index contributed by atoms with van der Waals surface area (Å²) in [5, 5.41) is 0. The van der Waals surface area contributed by atoms with E-state index in [1.165, 1.54) is 11.3 Å². The molecule has 144 valence electrons. The Morgan fingerprint density at radius 2 is 1.61 bits per heavy atom. The average molecular weight is 375 g/mol. The van der Waals surface area contributed by atoms with Gasteiger partial charge in [-0.25, -0.2) is 0 Å². The van der Waals surface area contributed by atoms with Gasteiger partial charge in [0.2, 0.25) is 0 Å². The topological polar surface area (TPSA) is 37.8 Å². The van der Waals surface area contributed by atoms with E-state index in [9.17, 15) is 0 Å². The van der Waals surface area contributed by atoms with Crippen LogP contribution < -0.4 is 14.4 Å². The summed E-state index contributed by atoms with van der Waals surface area (Å²) in [4.78, 5) is 8.99. The normalized spacial score (nSPS) is 14.7. The summed E-state index contributed by atoms with van der Waals surface area (Å²) >= 11 is 0. The number of rotatable bonds is 6. The molecular weight excluding hydrogens is 350 g/mol. The van der Waals surface area contributed by atoms with Gasteiger partial charge in [0, 0.05) is 44.5 Å². The lowest BCUT2D eigenvalue weighted by Crippen LogP contribution is -2.46. The van der Waals surface area contributed by atoms with E-state index >= 15 is 0 Å². The zero-order valence-corrected chi connectivity index (χ0v) is 16.1. The van der Waals surface area contributed by atoms with Gasteiger partial charge in [0.05, 0.1) is 19.0 Å². The van der Waals surface area contributed by atoms with E-state index in [2.05, 4.69) is 39.0 Å². The van der Waals surface area contributed by atoms with Gasteiger partial charge < -0.3 is 14.4 Å². The van der Waals surface area contributed by atoms with Crippen molar-refractivity contribution in [3.8, 4) is 17.2 Å². The molecule has 4 rings (SSSR count). The number of anilines is 1. The molecule has 1 aliphatic rings. The Morgan fingerprint density at radius 1 is 0.857 bits per heavy atom. The van der Waals surface area contributed by atoms with Crippen molar-refractivity contribution in [1.82, 2.24) is 9.88 Å². The SMILES string of the molecule is COc1ccccc1N1CCN(Cc2ccccc2Oc2cccnc2)CC1. The van der Waals surface area contributed by atoms with E-state index in [0.717, 1.165) is 50.0 Å². The molecule has 1 saturated heterocycles.